The molecule has 1 aromatic heterocycles. The van der Waals surface area contributed by atoms with Crippen LogP contribution in [0.15, 0.2) is 91.0 Å². The van der Waals surface area contributed by atoms with Gasteiger partial charge in [-0.25, -0.2) is 0 Å². The molecule has 0 radical (unpaired) electrons. The second-order valence-corrected chi connectivity index (χ2v) is 9.21. The highest BCUT2D eigenvalue weighted by Crippen LogP contribution is 2.30. The summed E-state index contributed by atoms with van der Waals surface area (Å²) >= 11 is 0. The number of carbonyl (C=O) groups excluding carboxylic acids is 1. The molecule has 1 aliphatic heterocycles. The van der Waals surface area contributed by atoms with Gasteiger partial charge in [0, 0.05) is 31.7 Å². The topological polar surface area (TPSA) is 58.6 Å². The summed E-state index contributed by atoms with van der Waals surface area (Å²) in [4.78, 5) is 17.7. The third kappa shape index (κ3) is 4.47. The number of nitrogens with zero attached hydrogens (tertiary/aromatic N) is 4. The number of benzene rings is 4. The number of hydrogen-bond acceptors (Lipinski definition) is 5. The highest BCUT2D eigenvalue weighted by Gasteiger charge is 2.26. The van der Waals surface area contributed by atoms with Crippen molar-refractivity contribution in [1.29, 1.82) is 0 Å². The zero-order chi connectivity index (χ0) is 25.2. The summed E-state index contributed by atoms with van der Waals surface area (Å²) in [5.74, 6) is 1.48. The van der Waals surface area contributed by atoms with Crippen LogP contribution in [0.3, 0.4) is 0 Å². The number of aromatic nitrogens is 2. The summed E-state index contributed by atoms with van der Waals surface area (Å²) in [7, 11) is 0. The van der Waals surface area contributed by atoms with E-state index in [4.69, 9.17) is 4.74 Å². The van der Waals surface area contributed by atoms with Crippen molar-refractivity contribution < 1.29 is 9.53 Å². The first kappa shape index (κ1) is 23.0. The monoisotopic (exact) mass is 488 g/mol. The van der Waals surface area contributed by atoms with Crippen LogP contribution in [0, 0.1) is 0 Å². The lowest BCUT2D eigenvalue weighted by Gasteiger charge is -2.35. The van der Waals surface area contributed by atoms with Gasteiger partial charge in [-0.1, -0.05) is 66.7 Å². The molecule has 0 unspecified atom stereocenters. The number of hydrogen-bond donors (Lipinski definition) is 0. The summed E-state index contributed by atoms with van der Waals surface area (Å²) in [5, 5.41) is 13.4. The first-order chi connectivity index (χ1) is 18.2. The van der Waals surface area contributed by atoms with Gasteiger partial charge in [0.05, 0.1) is 17.9 Å². The van der Waals surface area contributed by atoms with Crippen LogP contribution in [0.25, 0.3) is 32.8 Å². The summed E-state index contributed by atoms with van der Waals surface area (Å²) in [6.45, 7) is 5.08. The lowest BCUT2D eigenvalue weighted by molar-refractivity contribution is 0.0744. The predicted molar refractivity (Wildman–Crippen MR) is 148 cm³/mol. The lowest BCUT2D eigenvalue weighted by Crippen LogP contribution is -2.49. The van der Waals surface area contributed by atoms with Crippen molar-refractivity contribution in [3.8, 4) is 17.0 Å². The van der Waals surface area contributed by atoms with Crippen LogP contribution in [-0.2, 0) is 0 Å². The van der Waals surface area contributed by atoms with E-state index in [0.29, 0.717) is 44.1 Å². The van der Waals surface area contributed by atoms with Gasteiger partial charge in [-0.2, -0.15) is 0 Å². The largest absolute Gasteiger partial charge is 0.493 e. The molecule has 0 bridgehead atoms. The van der Waals surface area contributed by atoms with Crippen LogP contribution in [0.2, 0.25) is 0 Å². The molecule has 5 aromatic rings. The zero-order valence-corrected chi connectivity index (χ0v) is 20.8. The Morgan fingerprint density at radius 1 is 0.784 bits per heavy atom. The molecule has 1 saturated heterocycles. The van der Waals surface area contributed by atoms with Gasteiger partial charge >= 0.3 is 0 Å². The molecule has 0 spiro atoms. The highest BCUT2D eigenvalue weighted by atomic mass is 16.5. The van der Waals surface area contributed by atoms with Crippen LogP contribution in [0.1, 0.15) is 17.3 Å². The number of amides is 1. The predicted octanol–water partition coefficient (Wildman–Crippen LogP) is 5.81. The summed E-state index contributed by atoms with van der Waals surface area (Å²) in [6.07, 6.45) is 0. The van der Waals surface area contributed by atoms with E-state index in [0.717, 1.165) is 27.8 Å². The van der Waals surface area contributed by atoms with Crippen molar-refractivity contribution in [2.45, 2.75) is 6.92 Å². The normalized spacial score (nSPS) is 13.8. The maximum absolute atomic E-state index is 13.6. The molecule has 2 heterocycles. The smallest absolute Gasteiger partial charge is 0.258 e. The van der Waals surface area contributed by atoms with Crippen LogP contribution in [0.4, 0.5) is 5.82 Å². The Hall–Kier alpha value is -4.45. The maximum Gasteiger partial charge on any atom is 0.258 e. The number of fused-ring (bicyclic) bond motifs is 2. The Balaban J connectivity index is 1.17. The third-order valence-electron chi connectivity index (χ3n) is 6.99. The molecule has 0 atom stereocenters. The third-order valence-corrected chi connectivity index (χ3v) is 6.99. The minimum Gasteiger partial charge on any atom is -0.493 e. The number of carbonyl (C=O) groups is 1. The molecule has 184 valence electrons. The number of anilines is 1. The van der Waals surface area contributed by atoms with Gasteiger partial charge < -0.3 is 14.5 Å². The van der Waals surface area contributed by atoms with E-state index in [1.54, 1.807) is 0 Å². The molecule has 0 saturated carbocycles. The van der Waals surface area contributed by atoms with Crippen molar-refractivity contribution in [1.82, 2.24) is 15.1 Å². The first-order valence-electron chi connectivity index (χ1n) is 12.7. The van der Waals surface area contributed by atoms with Gasteiger partial charge in [0.25, 0.3) is 5.91 Å². The maximum atomic E-state index is 13.6. The van der Waals surface area contributed by atoms with Crippen molar-refractivity contribution in [2.24, 2.45) is 0 Å². The number of ether oxygens (including phenoxy) is 1. The second kappa shape index (κ2) is 9.90. The van der Waals surface area contributed by atoms with Gasteiger partial charge in [-0.05, 0) is 52.7 Å². The van der Waals surface area contributed by atoms with Crippen LogP contribution >= 0.6 is 0 Å². The van der Waals surface area contributed by atoms with E-state index in [-0.39, 0.29) is 5.91 Å². The molecule has 1 fully saturated rings. The Labute approximate surface area is 216 Å². The molecule has 1 aliphatic rings. The fraction of sp³-hybridized carbons (Fsp3) is 0.194. The molecular formula is C31H28N4O2. The van der Waals surface area contributed by atoms with Crippen LogP contribution < -0.4 is 9.64 Å². The zero-order valence-electron chi connectivity index (χ0n) is 20.8. The van der Waals surface area contributed by atoms with E-state index in [2.05, 4.69) is 45.4 Å². The van der Waals surface area contributed by atoms with Gasteiger partial charge in [-0.3, -0.25) is 4.79 Å². The van der Waals surface area contributed by atoms with Gasteiger partial charge in [0.1, 0.15) is 5.75 Å². The van der Waals surface area contributed by atoms with E-state index < -0.39 is 0 Å². The van der Waals surface area contributed by atoms with Gasteiger partial charge in [0.15, 0.2) is 5.82 Å². The SMILES string of the molecule is CCOc1ccc2ccccc2c1C(=O)N1CCN(c2ccc(-c3ccc4ccccc4c3)nn2)CC1. The molecule has 6 nitrogen and oxygen atoms in total. The van der Waals surface area contributed by atoms with Crippen molar-refractivity contribution in [3.63, 3.8) is 0 Å². The Bertz CT molecular complexity index is 1570. The summed E-state index contributed by atoms with van der Waals surface area (Å²) < 4.78 is 5.84. The fourth-order valence-electron chi connectivity index (χ4n) is 5.04. The summed E-state index contributed by atoms with van der Waals surface area (Å²) in [5.41, 5.74) is 2.55. The van der Waals surface area contributed by atoms with Crippen molar-refractivity contribution in [2.75, 3.05) is 37.7 Å². The quantitative estimate of drug-likeness (QED) is 0.312. The van der Waals surface area contributed by atoms with Crippen molar-refractivity contribution in [3.05, 3.63) is 96.6 Å². The first-order valence-corrected chi connectivity index (χ1v) is 12.7. The molecule has 37 heavy (non-hydrogen) atoms. The van der Waals surface area contributed by atoms with E-state index in [1.165, 1.54) is 10.8 Å². The van der Waals surface area contributed by atoms with Crippen molar-refractivity contribution >= 4 is 33.3 Å². The van der Waals surface area contributed by atoms with E-state index in [1.807, 2.05) is 72.5 Å². The molecule has 0 N–H and O–H groups in total. The number of piperazine rings is 1. The molecule has 1 amide bonds. The Morgan fingerprint density at radius 3 is 2.27 bits per heavy atom. The standard InChI is InChI=1S/C31H28N4O2/c1-2-37-28-15-13-23-8-5-6-10-26(23)30(28)31(36)35-19-17-34(18-20-35)29-16-14-27(32-33-29)25-12-11-22-7-3-4-9-24(22)21-25/h3-16,21H,2,17-20H2,1H3. The molecular weight excluding hydrogens is 460 g/mol. The molecule has 0 aliphatic carbocycles. The average molecular weight is 489 g/mol. The van der Waals surface area contributed by atoms with E-state index in [9.17, 15) is 4.79 Å². The number of rotatable bonds is 5. The lowest BCUT2D eigenvalue weighted by atomic mass is 10.0. The summed E-state index contributed by atoms with van der Waals surface area (Å²) in [6, 6.07) is 30.6. The van der Waals surface area contributed by atoms with Gasteiger partial charge in [-0.15, -0.1) is 10.2 Å². The Morgan fingerprint density at radius 2 is 1.51 bits per heavy atom. The molecule has 6 rings (SSSR count). The molecule has 4 aromatic carbocycles. The minimum absolute atomic E-state index is 0.0117. The Kier molecular flexibility index (Phi) is 6.15. The van der Waals surface area contributed by atoms with E-state index >= 15 is 0 Å². The van der Waals surface area contributed by atoms with Gasteiger partial charge in [0.2, 0.25) is 0 Å². The van der Waals surface area contributed by atoms with Crippen LogP contribution in [0.5, 0.6) is 5.75 Å². The average Bonchev–Trinajstić information content (AvgIpc) is 2.97. The minimum atomic E-state index is 0.0117. The molecule has 6 heteroatoms. The highest BCUT2D eigenvalue weighted by molar-refractivity contribution is 6.09. The fourth-order valence-corrected chi connectivity index (χ4v) is 5.04. The van der Waals surface area contributed by atoms with Crippen LogP contribution in [-0.4, -0.2) is 53.8 Å². The second-order valence-electron chi connectivity index (χ2n) is 9.21.